The monoisotopic (exact) mass is 343 g/mol. The third-order valence-corrected chi connectivity index (χ3v) is 5.59. The number of aromatic nitrogens is 2. The van der Waals surface area contributed by atoms with Crippen molar-refractivity contribution in [1.29, 1.82) is 0 Å². The summed E-state index contributed by atoms with van der Waals surface area (Å²) in [7, 11) is 2.02. The Balaban J connectivity index is 1.46. The molecule has 0 saturated heterocycles. The number of thiazole rings is 1. The van der Waals surface area contributed by atoms with Gasteiger partial charge in [-0.1, -0.05) is 6.92 Å². The van der Waals surface area contributed by atoms with Gasteiger partial charge in [-0.05, 0) is 38.4 Å². The zero-order chi connectivity index (χ0) is 16.8. The first kappa shape index (κ1) is 15.6. The van der Waals surface area contributed by atoms with E-state index in [1.54, 1.807) is 10.5 Å². The van der Waals surface area contributed by atoms with E-state index in [0.717, 1.165) is 33.8 Å². The summed E-state index contributed by atoms with van der Waals surface area (Å²) in [5.74, 6) is 3.43. The van der Waals surface area contributed by atoms with E-state index in [-0.39, 0.29) is 5.56 Å². The Labute approximate surface area is 144 Å². The molecule has 1 aliphatic carbocycles. The first-order valence-electron chi connectivity index (χ1n) is 8.25. The van der Waals surface area contributed by atoms with Gasteiger partial charge in [0.25, 0.3) is 5.56 Å². The SMILES string of the molecule is Cc1csc2nc(CN(C)Cc3ccc([C@@H]4C[C@@H]4C)o3)cc(=O)n12. The van der Waals surface area contributed by atoms with Crippen LogP contribution in [-0.2, 0) is 13.1 Å². The van der Waals surface area contributed by atoms with Gasteiger partial charge in [0.2, 0.25) is 0 Å². The van der Waals surface area contributed by atoms with Gasteiger partial charge in [-0.15, -0.1) is 11.3 Å². The van der Waals surface area contributed by atoms with Crippen LogP contribution in [0.1, 0.15) is 42.2 Å². The predicted molar refractivity (Wildman–Crippen MR) is 94.5 cm³/mol. The van der Waals surface area contributed by atoms with Crippen molar-refractivity contribution >= 4 is 16.3 Å². The summed E-state index contributed by atoms with van der Waals surface area (Å²) in [5.41, 5.74) is 1.72. The second-order valence-electron chi connectivity index (χ2n) is 6.88. The topological polar surface area (TPSA) is 50.8 Å². The van der Waals surface area contributed by atoms with Gasteiger partial charge >= 0.3 is 0 Å². The molecule has 0 spiro atoms. The lowest BCUT2D eigenvalue weighted by atomic mass is 10.3. The van der Waals surface area contributed by atoms with Gasteiger partial charge in [0, 0.05) is 29.6 Å². The van der Waals surface area contributed by atoms with Crippen LogP contribution < -0.4 is 5.56 Å². The second-order valence-corrected chi connectivity index (χ2v) is 7.71. The minimum absolute atomic E-state index is 0.00911. The summed E-state index contributed by atoms with van der Waals surface area (Å²) in [5, 5.41) is 1.96. The molecule has 0 unspecified atom stereocenters. The number of furan rings is 1. The van der Waals surface area contributed by atoms with Crippen LogP contribution in [0.3, 0.4) is 0 Å². The number of rotatable bonds is 5. The molecule has 1 saturated carbocycles. The molecule has 3 aromatic heterocycles. The average molecular weight is 343 g/mol. The van der Waals surface area contributed by atoms with Crippen molar-refractivity contribution in [3.05, 3.63) is 56.8 Å². The maximum absolute atomic E-state index is 12.2. The average Bonchev–Trinajstić information content (AvgIpc) is 2.92. The van der Waals surface area contributed by atoms with Crippen molar-refractivity contribution in [2.45, 2.75) is 39.3 Å². The fourth-order valence-electron chi connectivity index (χ4n) is 3.18. The first-order valence-corrected chi connectivity index (χ1v) is 9.13. The molecule has 24 heavy (non-hydrogen) atoms. The van der Waals surface area contributed by atoms with Crippen molar-refractivity contribution in [2.24, 2.45) is 5.92 Å². The fraction of sp³-hybridized carbons (Fsp3) is 0.444. The van der Waals surface area contributed by atoms with Crippen LogP contribution in [-0.4, -0.2) is 21.3 Å². The molecular formula is C18H21N3O2S. The van der Waals surface area contributed by atoms with E-state index in [0.29, 0.717) is 19.0 Å². The largest absolute Gasteiger partial charge is 0.464 e. The van der Waals surface area contributed by atoms with E-state index in [1.165, 1.54) is 17.8 Å². The maximum Gasteiger partial charge on any atom is 0.259 e. The number of aryl methyl sites for hydroxylation is 1. The van der Waals surface area contributed by atoms with Crippen molar-refractivity contribution in [2.75, 3.05) is 7.05 Å². The molecule has 0 bridgehead atoms. The Bertz CT molecular complexity index is 939. The van der Waals surface area contributed by atoms with Crippen LogP contribution in [0.15, 0.2) is 32.8 Å². The van der Waals surface area contributed by atoms with E-state index in [4.69, 9.17) is 4.42 Å². The van der Waals surface area contributed by atoms with E-state index >= 15 is 0 Å². The molecule has 4 rings (SSSR count). The Kier molecular flexibility index (Phi) is 3.81. The molecule has 1 fully saturated rings. The third kappa shape index (κ3) is 2.91. The molecule has 2 atom stereocenters. The molecule has 0 aliphatic heterocycles. The highest BCUT2D eigenvalue weighted by Gasteiger charge is 2.36. The Morgan fingerprint density at radius 3 is 2.96 bits per heavy atom. The highest BCUT2D eigenvalue weighted by molar-refractivity contribution is 7.15. The summed E-state index contributed by atoms with van der Waals surface area (Å²) in [6, 6.07) is 5.79. The van der Waals surface area contributed by atoms with Gasteiger partial charge < -0.3 is 4.42 Å². The standard InChI is InChI=1S/C18H21N3O2S/c1-11-6-15(11)16-5-4-14(23-16)9-20(3)8-13-7-17(22)21-12(2)10-24-18(21)19-13/h4-5,7,10-11,15H,6,8-9H2,1-3H3/t11-,15+/m0/s1. The van der Waals surface area contributed by atoms with E-state index in [2.05, 4.69) is 28.9 Å². The van der Waals surface area contributed by atoms with Crippen molar-refractivity contribution in [3.63, 3.8) is 0 Å². The molecule has 0 aromatic carbocycles. The lowest BCUT2D eigenvalue weighted by Crippen LogP contribution is -2.21. The lowest BCUT2D eigenvalue weighted by Gasteiger charge is -2.14. The molecule has 5 nitrogen and oxygen atoms in total. The number of hydrogen-bond acceptors (Lipinski definition) is 5. The molecule has 1 aliphatic rings. The molecule has 0 N–H and O–H groups in total. The van der Waals surface area contributed by atoms with E-state index < -0.39 is 0 Å². The maximum atomic E-state index is 12.2. The summed E-state index contributed by atoms with van der Waals surface area (Å²) in [4.78, 5) is 19.7. The molecule has 0 amide bonds. The predicted octanol–water partition coefficient (Wildman–Crippen LogP) is 3.41. The quantitative estimate of drug-likeness (QED) is 0.712. The van der Waals surface area contributed by atoms with Gasteiger partial charge in [0.1, 0.15) is 11.5 Å². The third-order valence-electron chi connectivity index (χ3n) is 4.64. The second kappa shape index (κ2) is 5.86. The molecule has 6 heteroatoms. The van der Waals surface area contributed by atoms with Crippen LogP contribution in [0.25, 0.3) is 4.96 Å². The van der Waals surface area contributed by atoms with Crippen molar-refractivity contribution in [3.8, 4) is 0 Å². The van der Waals surface area contributed by atoms with Crippen LogP contribution in [0.4, 0.5) is 0 Å². The number of nitrogens with zero attached hydrogens (tertiary/aromatic N) is 3. The zero-order valence-corrected chi connectivity index (χ0v) is 15.0. The summed E-state index contributed by atoms with van der Waals surface area (Å²) in [6.45, 7) is 5.52. The molecule has 3 heterocycles. The lowest BCUT2D eigenvalue weighted by molar-refractivity contribution is 0.280. The Hall–Kier alpha value is -1.92. The summed E-state index contributed by atoms with van der Waals surface area (Å²) in [6.07, 6.45) is 1.23. The molecular weight excluding hydrogens is 322 g/mol. The summed E-state index contributed by atoms with van der Waals surface area (Å²) >= 11 is 1.50. The minimum Gasteiger partial charge on any atom is -0.464 e. The van der Waals surface area contributed by atoms with Crippen LogP contribution in [0.5, 0.6) is 0 Å². The van der Waals surface area contributed by atoms with Crippen molar-refractivity contribution < 1.29 is 4.42 Å². The molecule has 126 valence electrons. The smallest absolute Gasteiger partial charge is 0.259 e. The van der Waals surface area contributed by atoms with Crippen molar-refractivity contribution in [1.82, 2.24) is 14.3 Å². The van der Waals surface area contributed by atoms with Gasteiger partial charge in [0.05, 0.1) is 12.2 Å². The van der Waals surface area contributed by atoms with E-state index in [9.17, 15) is 4.79 Å². The zero-order valence-electron chi connectivity index (χ0n) is 14.2. The van der Waals surface area contributed by atoms with Crippen LogP contribution in [0.2, 0.25) is 0 Å². The molecule has 0 radical (unpaired) electrons. The van der Waals surface area contributed by atoms with Gasteiger partial charge in [-0.2, -0.15) is 0 Å². The first-order chi connectivity index (χ1) is 11.5. The van der Waals surface area contributed by atoms with Gasteiger partial charge in [0.15, 0.2) is 4.96 Å². The fourth-order valence-corrected chi connectivity index (χ4v) is 4.07. The van der Waals surface area contributed by atoms with E-state index in [1.807, 2.05) is 19.4 Å². The van der Waals surface area contributed by atoms with Gasteiger partial charge in [-0.3, -0.25) is 14.1 Å². The van der Waals surface area contributed by atoms with Crippen LogP contribution >= 0.6 is 11.3 Å². The van der Waals surface area contributed by atoms with Gasteiger partial charge in [-0.25, -0.2) is 4.98 Å². The highest BCUT2D eigenvalue weighted by Crippen LogP contribution is 2.47. The Morgan fingerprint density at radius 1 is 1.42 bits per heavy atom. The minimum atomic E-state index is -0.00911. The number of hydrogen-bond donors (Lipinski definition) is 0. The molecule has 3 aromatic rings. The van der Waals surface area contributed by atoms with Crippen LogP contribution in [0, 0.1) is 12.8 Å². The number of fused-ring (bicyclic) bond motifs is 1. The Morgan fingerprint density at radius 2 is 2.21 bits per heavy atom. The summed E-state index contributed by atoms with van der Waals surface area (Å²) < 4.78 is 7.61. The highest BCUT2D eigenvalue weighted by atomic mass is 32.1. The normalized spacial score (nSPS) is 20.2.